The molecule has 0 spiro atoms. The maximum absolute atomic E-state index is 9.62. The maximum Gasteiger partial charge on any atom is 0.167 e. The average molecular weight is 1270 g/mol. The molecule has 0 saturated heterocycles. The van der Waals surface area contributed by atoms with Gasteiger partial charge in [-0.15, -0.1) is 0 Å². The third-order valence-corrected chi connectivity index (χ3v) is 13.6. The van der Waals surface area contributed by atoms with Crippen molar-refractivity contribution in [3.8, 4) is 16.9 Å². The van der Waals surface area contributed by atoms with Gasteiger partial charge in [-0.05, 0) is 181 Å². The highest BCUT2D eigenvalue weighted by atomic mass is 16.3. The summed E-state index contributed by atoms with van der Waals surface area (Å²) < 4.78 is 0. The van der Waals surface area contributed by atoms with Gasteiger partial charge < -0.3 is 5.11 Å². The third-order valence-electron chi connectivity index (χ3n) is 13.6. The predicted molar refractivity (Wildman–Crippen MR) is 421 cm³/mol. The number of pyridine rings is 2. The first-order valence-corrected chi connectivity index (χ1v) is 31.5. The molecule has 9 aromatic carbocycles. The minimum Gasteiger partial charge on any atom is -0.504 e. The van der Waals surface area contributed by atoms with E-state index >= 15 is 0 Å². The Hall–Kier alpha value is -11.8. The number of nitrogens with zero attached hydrogens (tertiary/aromatic N) is 14. The predicted octanol–water partition coefficient (Wildman–Crippen LogP) is 22.6. The molecule has 2 heterocycles. The summed E-state index contributed by atoms with van der Waals surface area (Å²) in [4.78, 5) is 59.2. The number of aromatic nitrogens is 2. The molecule has 0 atom stereocenters. The van der Waals surface area contributed by atoms with Gasteiger partial charge in [-0.2, -0.15) is 0 Å². The van der Waals surface area contributed by atoms with Gasteiger partial charge in [-0.1, -0.05) is 121 Å². The van der Waals surface area contributed by atoms with Gasteiger partial charge in [0.05, 0.1) is 57.4 Å². The van der Waals surface area contributed by atoms with E-state index in [-0.39, 0.29) is 5.75 Å². The molecule has 2 aromatic heterocycles. The molecular formula is C81H84N14O. The molecule has 0 fully saturated rings. The van der Waals surface area contributed by atoms with E-state index in [1.807, 2.05) is 141 Å². The number of phenols is 1. The number of aromatic hydroxyl groups is 1. The summed E-state index contributed by atoms with van der Waals surface area (Å²) in [6.45, 7) is 21.0. The second kappa shape index (κ2) is 40.2. The average Bonchev–Trinajstić information content (AvgIpc) is 0.757. The zero-order valence-corrected chi connectivity index (χ0v) is 57.1. The summed E-state index contributed by atoms with van der Waals surface area (Å²) in [6, 6.07) is 62.9. The molecule has 0 aliphatic heterocycles. The molecular weight excluding hydrogens is 1180 g/mol. The fraction of sp³-hybridized carbons (Fsp3) is 0.160. The Kier molecular flexibility index (Phi) is 30.7. The summed E-state index contributed by atoms with van der Waals surface area (Å²) in [5.74, 6) is 0.124. The number of aliphatic imine (C=N–C) groups is 12. The molecule has 0 aliphatic rings. The van der Waals surface area contributed by atoms with Crippen molar-refractivity contribution in [3.63, 3.8) is 0 Å². The molecule has 0 amide bonds. The van der Waals surface area contributed by atoms with Crippen LogP contribution in [0.25, 0.3) is 54.2 Å². The van der Waals surface area contributed by atoms with E-state index < -0.39 is 0 Å². The highest BCUT2D eigenvalue weighted by Gasteiger charge is 2.17. The van der Waals surface area contributed by atoms with Gasteiger partial charge >= 0.3 is 0 Å². The van der Waals surface area contributed by atoms with E-state index in [0.29, 0.717) is 11.4 Å². The van der Waals surface area contributed by atoms with Crippen molar-refractivity contribution in [3.05, 3.63) is 212 Å². The lowest BCUT2D eigenvalue weighted by Gasteiger charge is -2.15. The molecule has 15 heteroatoms. The van der Waals surface area contributed by atoms with Crippen LogP contribution < -0.4 is 0 Å². The van der Waals surface area contributed by atoms with Gasteiger partial charge in [0.15, 0.2) is 5.75 Å². The Balaban J connectivity index is 0.000000187. The van der Waals surface area contributed by atoms with E-state index in [2.05, 4.69) is 179 Å². The summed E-state index contributed by atoms with van der Waals surface area (Å²) in [5, 5.41) is 19.1. The quantitative estimate of drug-likeness (QED) is 0.112. The number of para-hydroxylation sites is 1. The molecule has 11 rings (SSSR count). The van der Waals surface area contributed by atoms with E-state index in [4.69, 9.17) is 0 Å². The molecule has 11 aromatic rings. The standard InChI is InChI=1S/C24H20N2.C15H16N2.C14H14N2.C10H12N2O.2C9H11N3/c1-3-25-21-15-13-17-9-5-7-11-19(17)23(21)24-20-12-8-6-10-18(20)14-16-22(24)26-4-2;1-4-16-14-9-12-7-5-6-8-13(12)10-15(14)17-11(2)3;1-3-15-12-9-5-7-11-8-6-10-13(14(11)12)16-4-2;1-3-11-8-6-5-7-9(10(8)13)12-4-2;1-10-6-8-4-3-5-9(12-8)7-11-2;1-3-11-8-5-6-10-7-9(8)12-4-2/h3-16H,1-2H3;4-10H,1-3H3;3-10H,1-2H3;3-7,13H,1-2H3;2*3-7H,1-2H3. The molecule has 0 bridgehead atoms. The fourth-order valence-electron chi connectivity index (χ4n) is 9.87. The highest BCUT2D eigenvalue weighted by molar-refractivity contribution is 6.13. The summed E-state index contributed by atoms with van der Waals surface area (Å²) in [5.41, 5.74) is 13.5. The lowest BCUT2D eigenvalue weighted by molar-refractivity contribution is 0.478. The lowest BCUT2D eigenvalue weighted by Crippen LogP contribution is -1.92. The Morgan fingerprint density at radius 3 is 1.16 bits per heavy atom. The van der Waals surface area contributed by atoms with Crippen LogP contribution in [0, 0.1) is 0 Å². The normalized spacial score (nSPS) is 11.6. The van der Waals surface area contributed by atoms with Crippen LogP contribution in [-0.4, -0.2) is 103 Å². The topological polar surface area (TPSA) is 194 Å². The monoisotopic (exact) mass is 1270 g/mol. The van der Waals surface area contributed by atoms with Gasteiger partial charge in [0, 0.05) is 111 Å². The van der Waals surface area contributed by atoms with Crippen LogP contribution in [0.1, 0.15) is 87.5 Å². The molecule has 484 valence electrons. The minimum absolute atomic E-state index is 0.124. The number of phenolic OH excluding ortho intramolecular Hbond substituents is 1. The Labute approximate surface area is 565 Å². The van der Waals surface area contributed by atoms with E-state index in [9.17, 15) is 5.11 Å². The van der Waals surface area contributed by atoms with Crippen molar-refractivity contribution < 1.29 is 5.11 Å². The van der Waals surface area contributed by atoms with Crippen LogP contribution in [0.3, 0.4) is 0 Å². The van der Waals surface area contributed by atoms with Crippen molar-refractivity contribution in [2.24, 2.45) is 59.9 Å². The molecule has 0 unspecified atom stereocenters. The fourth-order valence-corrected chi connectivity index (χ4v) is 9.87. The van der Waals surface area contributed by atoms with Crippen LogP contribution in [0.2, 0.25) is 0 Å². The number of benzene rings is 9. The second-order valence-electron chi connectivity index (χ2n) is 20.5. The number of hydrogen-bond acceptors (Lipinski definition) is 15. The molecule has 0 saturated carbocycles. The van der Waals surface area contributed by atoms with Crippen LogP contribution in [0.5, 0.6) is 5.75 Å². The smallest absolute Gasteiger partial charge is 0.167 e. The first-order chi connectivity index (χ1) is 46.9. The zero-order valence-electron chi connectivity index (χ0n) is 57.1. The van der Waals surface area contributed by atoms with Gasteiger partial charge in [-0.3, -0.25) is 64.9 Å². The Morgan fingerprint density at radius 1 is 0.333 bits per heavy atom. The van der Waals surface area contributed by atoms with Gasteiger partial charge in [0.25, 0.3) is 0 Å². The van der Waals surface area contributed by atoms with Crippen molar-refractivity contribution >= 4 is 174 Å². The summed E-state index contributed by atoms with van der Waals surface area (Å²) in [6.07, 6.45) is 22.7. The van der Waals surface area contributed by atoms with Crippen LogP contribution in [0.15, 0.2) is 260 Å². The first-order valence-electron chi connectivity index (χ1n) is 31.5. The van der Waals surface area contributed by atoms with Gasteiger partial charge in [-0.25, -0.2) is 4.98 Å². The number of hydrogen-bond donors (Lipinski definition) is 1. The Morgan fingerprint density at radius 2 is 0.698 bits per heavy atom. The van der Waals surface area contributed by atoms with Crippen LogP contribution in [-0.2, 0) is 0 Å². The second-order valence-corrected chi connectivity index (χ2v) is 20.5. The van der Waals surface area contributed by atoms with E-state index in [0.717, 1.165) is 79.1 Å². The zero-order chi connectivity index (χ0) is 68.9. The van der Waals surface area contributed by atoms with Gasteiger partial charge in [0.2, 0.25) is 0 Å². The SMILES string of the molecule is CC=Nc1cc2ccccc2cc1N=C(C)C.CC=Nc1ccc2ccccc2c1-c1c(N=CC)ccc2ccccc12.CC=Nc1cccc(N=CC)c1O.CC=Nc1cccc2cccc(N=CC)c12.CC=Nc1ccncc1N=CC.CN=Cc1cccc(C=NC)n1. The third kappa shape index (κ3) is 21.4. The van der Waals surface area contributed by atoms with Crippen molar-refractivity contribution in [1.82, 2.24) is 9.97 Å². The van der Waals surface area contributed by atoms with E-state index in [1.54, 1.807) is 108 Å². The van der Waals surface area contributed by atoms with Crippen molar-refractivity contribution in [1.29, 1.82) is 0 Å². The lowest BCUT2D eigenvalue weighted by atomic mass is 9.91. The van der Waals surface area contributed by atoms with Crippen molar-refractivity contribution in [2.45, 2.75) is 76.2 Å². The van der Waals surface area contributed by atoms with Gasteiger partial charge in [0.1, 0.15) is 17.1 Å². The first kappa shape index (κ1) is 73.2. The minimum atomic E-state index is 0.124. The van der Waals surface area contributed by atoms with Crippen molar-refractivity contribution in [2.75, 3.05) is 14.1 Å². The Bertz CT molecular complexity index is 4490. The van der Waals surface area contributed by atoms with Crippen LogP contribution >= 0.6 is 0 Å². The maximum atomic E-state index is 9.62. The summed E-state index contributed by atoms with van der Waals surface area (Å²) in [7, 11) is 3.45. The molecule has 15 nitrogen and oxygen atoms in total. The molecule has 1 N–H and O–H groups in total. The molecule has 0 radical (unpaired) electrons. The van der Waals surface area contributed by atoms with E-state index in [1.165, 1.54) is 37.7 Å². The number of fused-ring (bicyclic) bond motifs is 4. The highest BCUT2D eigenvalue weighted by Crippen LogP contribution is 2.46. The molecule has 96 heavy (non-hydrogen) atoms. The molecule has 0 aliphatic carbocycles. The number of rotatable bonds is 13. The summed E-state index contributed by atoms with van der Waals surface area (Å²) >= 11 is 0. The van der Waals surface area contributed by atoms with Crippen LogP contribution in [0.4, 0.5) is 56.9 Å². The largest absolute Gasteiger partial charge is 0.504 e.